The van der Waals surface area contributed by atoms with Crippen molar-refractivity contribution in [1.29, 1.82) is 0 Å². The van der Waals surface area contributed by atoms with Gasteiger partial charge in [0.25, 0.3) is 0 Å². The molecule has 0 aliphatic heterocycles. The largest absolute Gasteiger partial charge is 0.355 e. The molecule has 1 heterocycles. The number of aromatic nitrogens is 1. The van der Waals surface area contributed by atoms with Crippen molar-refractivity contribution in [1.82, 2.24) is 4.98 Å². The third kappa shape index (κ3) is 1.48. The smallest absolute Gasteiger partial charge is 0.150 e. The molecule has 0 unspecified atom stereocenters. The highest BCUT2D eigenvalue weighted by Crippen LogP contribution is 2.40. The Morgan fingerprint density at radius 1 is 1.24 bits per heavy atom. The molecule has 0 radical (unpaired) electrons. The molecule has 0 saturated heterocycles. The average Bonchev–Trinajstić information content (AvgIpc) is 2.58. The molecule has 1 aromatic heterocycles. The summed E-state index contributed by atoms with van der Waals surface area (Å²) in [5, 5.41) is 0.713. The van der Waals surface area contributed by atoms with Crippen molar-refractivity contribution in [2.75, 3.05) is 0 Å². The number of hydrogen-bond acceptors (Lipinski definition) is 0. The summed E-state index contributed by atoms with van der Waals surface area (Å²) in [6.07, 6.45) is 3.06. The van der Waals surface area contributed by atoms with Crippen LogP contribution in [0.25, 0.3) is 10.9 Å². The second-order valence-electron chi connectivity index (χ2n) is 5.53. The SMILES string of the molecule is CC1(C)CCCc2c1[nH]c1c(F)cc(F)cc21. The van der Waals surface area contributed by atoms with Crippen molar-refractivity contribution in [3.63, 3.8) is 0 Å². The van der Waals surface area contributed by atoms with Gasteiger partial charge in [0.05, 0.1) is 5.52 Å². The third-order valence-corrected chi connectivity index (χ3v) is 3.84. The van der Waals surface area contributed by atoms with Gasteiger partial charge in [-0.05, 0) is 30.9 Å². The van der Waals surface area contributed by atoms with Gasteiger partial charge in [0, 0.05) is 22.6 Å². The van der Waals surface area contributed by atoms with Gasteiger partial charge in [-0.2, -0.15) is 0 Å². The van der Waals surface area contributed by atoms with Crippen LogP contribution < -0.4 is 0 Å². The number of benzene rings is 1. The van der Waals surface area contributed by atoms with E-state index in [4.69, 9.17) is 0 Å². The third-order valence-electron chi connectivity index (χ3n) is 3.84. The molecular formula is C14H15F2N. The molecule has 3 heteroatoms. The van der Waals surface area contributed by atoms with E-state index in [1.54, 1.807) is 0 Å². The van der Waals surface area contributed by atoms with E-state index in [-0.39, 0.29) is 5.41 Å². The van der Waals surface area contributed by atoms with Crippen molar-refractivity contribution in [2.24, 2.45) is 0 Å². The van der Waals surface area contributed by atoms with E-state index in [0.717, 1.165) is 36.6 Å². The van der Waals surface area contributed by atoms with Gasteiger partial charge < -0.3 is 4.98 Å². The number of rotatable bonds is 0. The summed E-state index contributed by atoms with van der Waals surface area (Å²) >= 11 is 0. The van der Waals surface area contributed by atoms with Crippen LogP contribution in [0, 0.1) is 11.6 Å². The van der Waals surface area contributed by atoms with Crippen LogP contribution in [-0.4, -0.2) is 4.98 Å². The highest BCUT2D eigenvalue weighted by molar-refractivity contribution is 5.86. The first-order chi connectivity index (χ1) is 7.99. The Balaban J connectivity index is 2.38. The maximum atomic E-state index is 13.7. The van der Waals surface area contributed by atoms with E-state index >= 15 is 0 Å². The first-order valence-electron chi connectivity index (χ1n) is 5.99. The van der Waals surface area contributed by atoms with Gasteiger partial charge in [0.1, 0.15) is 11.6 Å². The fraction of sp³-hybridized carbons (Fsp3) is 0.429. The fourth-order valence-electron chi connectivity index (χ4n) is 2.94. The highest BCUT2D eigenvalue weighted by atomic mass is 19.1. The molecule has 0 spiro atoms. The van der Waals surface area contributed by atoms with Crippen LogP contribution in [-0.2, 0) is 11.8 Å². The van der Waals surface area contributed by atoms with Crippen molar-refractivity contribution in [2.45, 2.75) is 38.5 Å². The van der Waals surface area contributed by atoms with Crippen LogP contribution in [0.15, 0.2) is 12.1 Å². The Bertz CT molecular complexity index is 596. The van der Waals surface area contributed by atoms with Crippen molar-refractivity contribution >= 4 is 10.9 Å². The predicted octanol–water partition coefficient (Wildman–Crippen LogP) is 4.06. The van der Waals surface area contributed by atoms with E-state index in [1.807, 2.05) is 0 Å². The number of hydrogen-bond donors (Lipinski definition) is 1. The van der Waals surface area contributed by atoms with Crippen LogP contribution in [0.5, 0.6) is 0 Å². The van der Waals surface area contributed by atoms with Crippen LogP contribution in [0.4, 0.5) is 8.78 Å². The summed E-state index contributed by atoms with van der Waals surface area (Å²) < 4.78 is 27.0. The van der Waals surface area contributed by atoms with Crippen molar-refractivity contribution < 1.29 is 8.78 Å². The van der Waals surface area contributed by atoms with E-state index in [0.29, 0.717) is 10.9 Å². The molecule has 1 aliphatic rings. The molecule has 0 fully saturated rings. The normalized spacial score (nSPS) is 18.4. The van der Waals surface area contributed by atoms with Gasteiger partial charge in [-0.15, -0.1) is 0 Å². The Kier molecular flexibility index (Phi) is 2.09. The fourth-order valence-corrected chi connectivity index (χ4v) is 2.94. The zero-order valence-electron chi connectivity index (χ0n) is 10.0. The lowest BCUT2D eigenvalue weighted by molar-refractivity contribution is 0.423. The number of nitrogens with one attached hydrogen (secondary N) is 1. The summed E-state index contributed by atoms with van der Waals surface area (Å²) in [6.45, 7) is 4.29. The van der Waals surface area contributed by atoms with Crippen molar-refractivity contribution in [3.8, 4) is 0 Å². The number of fused-ring (bicyclic) bond motifs is 3. The summed E-state index contributed by atoms with van der Waals surface area (Å²) in [6, 6.07) is 2.38. The maximum absolute atomic E-state index is 13.7. The van der Waals surface area contributed by atoms with Gasteiger partial charge in [-0.1, -0.05) is 13.8 Å². The quantitative estimate of drug-likeness (QED) is 0.708. The molecule has 0 amide bonds. The van der Waals surface area contributed by atoms with E-state index in [9.17, 15) is 8.78 Å². The molecule has 1 aliphatic carbocycles. The molecule has 2 aromatic rings. The zero-order chi connectivity index (χ0) is 12.2. The van der Waals surface area contributed by atoms with Gasteiger partial charge in [0.15, 0.2) is 0 Å². The Labute approximate surface area is 98.8 Å². The van der Waals surface area contributed by atoms with E-state index < -0.39 is 11.6 Å². The second kappa shape index (κ2) is 3.31. The summed E-state index contributed by atoms with van der Waals surface area (Å²) in [7, 11) is 0. The average molecular weight is 235 g/mol. The molecule has 3 rings (SSSR count). The maximum Gasteiger partial charge on any atom is 0.150 e. The predicted molar refractivity (Wildman–Crippen MR) is 64.2 cm³/mol. The number of H-pyrrole nitrogens is 1. The minimum atomic E-state index is -0.500. The van der Waals surface area contributed by atoms with Gasteiger partial charge >= 0.3 is 0 Å². The van der Waals surface area contributed by atoms with Crippen LogP contribution in [0.1, 0.15) is 37.9 Å². The molecule has 1 aromatic carbocycles. The topological polar surface area (TPSA) is 15.8 Å². The first-order valence-corrected chi connectivity index (χ1v) is 5.99. The highest BCUT2D eigenvalue weighted by Gasteiger charge is 2.31. The van der Waals surface area contributed by atoms with Gasteiger partial charge in [-0.25, -0.2) is 8.78 Å². The Morgan fingerprint density at radius 2 is 2.00 bits per heavy atom. The van der Waals surface area contributed by atoms with Crippen LogP contribution in [0.3, 0.4) is 0 Å². The van der Waals surface area contributed by atoms with Gasteiger partial charge in [0.2, 0.25) is 0 Å². The summed E-state index contributed by atoms with van der Waals surface area (Å²) in [5.41, 5.74) is 2.64. The number of halogens is 2. The van der Waals surface area contributed by atoms with Crippen LogP contribution in [0.2, 0.25) is 0 Å². The first kappa shape index (κ1) is 10.8. The van der Waals surface area contributed by atoms with Crippen LogP contribution >= 0.6 is 0 Å². The molecule has 1 N–H and O–H groups in total. The second-order valence-corrected chi connectivity index (χ2v) is 5.53. The number of aryl methyl sites for hydroxylation is 1. The molecule has 0 bridgehead atoms. The molecule has 17 heavy (non-hydrogen) atoms. The lowest BCUT2D eigenvalue weighted by Crippen LogP contribution is -2.23. The van der Waals surface area contributed by atoms with E-state index in [1.165, 1.54) is 6.07 Å². The summed E-state index contributed by atoms with van der Waals surface area (Å²) in [5.74, 6) is -0.995. The van der Waals surface area contributed by atoms with Gasteiger partial charge in [-0.3, -0.25) is 0 Å². The minimum absolute atomic E-state index is 0.0233. The molecule has 1 nitrogen and oxygen atoms in total. The standard InChI is InChI=1S/C14H15F2N/c1-14(2)5-3-4-9-10-6-8(15)7-11(16)12(10)17-13(9)14/h6-7,17H,3-5H2,1-2H3. The molecule has 90 valence electrons. The zero-order valence-corrected chi connectivity index (χ0v) is 10.0. The lowest BCUT2D eigenvalue weighted by Gasteiger charge is -2.29. The minimum Gasteiger partial charge on any atom is -0.355 e. The molecular weight excluding hydrogens is 220 g/mol. The Morgan fingerprint density at radius 3 is 2.76 bits per heavy atom. The number of aromatic amines is 1. The molecule has 0 saturated carbocycles. The lowest BCUT2D eigenvalue weighted by atomic mass is 9.76. The van der Waals surface area contributed by atoms with E-state index in [2.05, 4.69) is 18.8 Å². The Hall–Kier alpha value is -1.38. The van der Waals surface area contributed by atoms with Crippen molar-refractivity contribution in [3.05, 3.63) is 35.0 Å². The molecule has 0 atom stereocenters. The monoisotopic (exact) mass is 235 g/mol. The summed E-state index contributed by atoms with van der Waals surface area (Å²) in [4.78, 5) is 3.16.